The van der Waals surface area contributed by atoms with E-state index in [0.717, 1.165) is 24.4 Å². The summed E-state index contributed by atoms with van der Waals surface area (Å²) in [6.45, 7) is 0.598. The number of rotatable bonds is 4. The van der Waals surface area contributed by atoms with Gasteiger partial charge in [0.25, 0.3) is 0 Å². The molecule has 4 heteroatoms. The van der Waals surface area contributed by atoms with Crippen LogP contribution in [0, 0.1) is 0 Å². The number of amides is 2. The van der Waals surface area contributed by atoms with Gasteiger partial charge in [-0.25, -0.2) is 4.79 Å². The smallest absolute Gasteiger partial charge is 0.315 e. The molecule has 2 heterocycles. The van der Waals surface area contributed by atoms with Crippen molar-refractivity contribution in [2.24, 2.45) is 0 Å². The maximum Gasteiger partial charge on any atom is 0.315 e. The number of hydrogen-bond donors (Lipinski definition) is 2. The molecule has 4 rings (SSSR count). The number of carbonyl (C=O) groups is 1. The molecule has 124 valence electrons. The Morgan fingerprint density at radius 3 is 2.35 bits per heavy atom. The van der Waals surface area contributed by atoms with Crippen LogP contribution in [0.15, 0.2) is 30.3 Å². The van der Waals surface area contributed by atoms with Gasteiger partial charge in [0.05, 0.1) is 0 Å². The molecular formula is C19H27N3O. The van der Waals surface area contributed by atoms with E-state index in [1.54, 1.807) is 0 Å². The number of nitrogens with zero attached hydrogens (tertiary/aromatic N) is 1. The zero-order chi connectivity index (χ0) is 15.6. The van der Waals surface area contributed by atoms with Crippen LogP contribution < -0.4 is 10.6 Å². The first kappa shape index (κ1) is 15.0. The normalized spacial score (nSPS) is 30.7. The number of carbonyl (C=O) groups excluding carboxylic acids is 1. The van der Waals surface area contributed by atoms with E-state index in [2.05, 4.69) is 15.5 Å². The van der Waals surface area contributed by atoms with Gasteiger partial charge in [-0.1, -0.05) is 36.8 Å². The Morgan fingerprint density at radius 1 is 1.00 bits per heavy atom. The summed E-state index contributed by atoms with van der Waals surface area (Å²) < 4.78 is 0. The van der Waals surface area contributed by atoms with Crippen molar-refractivity contribution in [3.8, 4) is 0 Å². The third kappa shape index (κ3) is 3.52. The fraction of sp³-hybridized carbons (Fsp3) is 0.632. The largest absolute Gasteiger partial charge is 0.335 e. The van der Waals surface area contributed by atoms with Crippen molar-refractivity contribution in [1.29, 1.82) is 0 Å². The quantitative estimate of drug-likeness (QED) is 0.897. The summed E-state index contributed by atoms with van der Waals surface area (Å²) in [4.78, 5) is 15.0. The Hall–Kier alpha value is -1.55. The van der Waals surface area contributed by atoms with E-state index in [4.69, 9.17) is 0 Å². The molecule has 2 N–H and O–H groups in total. The molecule has 2 atom stereocenters. The Morgan fingerprint density at radius 2 is 1.70 bits per heavy atom. The van der Waals surface area contributed by atoms with Crippen LogP contribution in [-0.2, 0) is 6.54 Å². The molecule has 0 spiro atoms. The minimum Gasteiger partial charge on any atom is -0.335 e. The Balaban J connectivity index is 1.28. The first-order chi connectivity index (χ1) is 11.3. The summed E-state index contributed by atoms with van der Waals surface area (Å²) in [6, 6.07) is 12.7. The molecular weight excluding hydrogens is 286 g/mol. The number of hydrogen-bond acceptors (Lipinski definition) is 2. The summed E-state index contributed by atoms with van der Waals surface area (Å²) >= 11 is 0. The molecule has 1 saturated carbocycles. The lowest BCUT2D eigenvalue weighted by Crippen LogP contribution is -2.58. The Bertz CT molecular complexity index is 529. The highest BCUT2D eigenvalue weighted by Gasteiger charge is 2.45. The second-order valence-electron chi connectivity index (χ2n) is 7.40. The predicted octanol–water partition coefficient (Wildman–Crippen LogP) is 3.03. The monoisotopic (exact) mass is 313 g/mol. The van der Waals surface area contributed by atoms with Crippen molar-refractivity contribution in [2.75, 3.05) is 0 Å². The van der Waals surface area contributed by atoms with Gasteiger partial charge >= 0.3 is 6.03 Å². The maximum atomic E-state index is 12.2. The van der Waals surface area contributed by atoms with Gasteiger partial charge in [-0.2, -0.15) is 0 Å². The van der Waals surface area contributed by atoms with Crippen molar-refractivity contribution in [3.05, 3.63) is 35.9 Å². The van der Waals surface area contributed by atoms with Crippen LogP contribution in [0.1, 0.15) is 50.5 Å². The molecule has 1 aliphatic carbocycles. The molecule has 3 fully saturated rings. The Labute approximate surface area is 138 Å². The lowest BCUT2D eigenvalue weighted by Gasteiger charge is -2.49. The molecule has 0 unspecified atom stereocenters. The number of nitrogens with one attached hydrogen (secondary N) is 2. The second kappa shape index (κ2) is 6.52. The topological polar surface area (TPSA) is 44.4 Å². The summed E-state index contributed by atoms with van der Waals surface area (Å²) in [5, 5.41) is 6.22. The van der Waals surface area contributed by atoms with Gasteiger partial charge in [0.15, 0.2) is 0 Å². The first-order valence-corrected chi connectivity index (χ1v) is 9.15. The zero-order valence-electron chi connectivity index (χ0n) is 13.7. The van der Waals surface area contributed by atoms with E-state index in [1.165, 1.54) is 32.1 Å². The highest BCUT2D eigenvalue weighted by Crippen LogP contribution is 2.41. The van der Waals surface area contributed by atoms with Crippen LogP contribution in [0.5, 0.6) is 0 Å². The molecule has 0 radical (unpaired) electrons. The van der Waals surface area contributed by atoms with Gasteiger partial charge in [0.2, 0.25) is 0 Å². The zero-order valence-corrected chi connectivity index (χ0v) is 13.7. The van der Waals surface area contributed by atoms with Gasteiger partial charge < -0.3 is 10.6 Å². The van der Waals surface area contributed by atoms with Crippen molar-refractivity contribution in [3.63, 3.8) is 0 Å². The van der Waals surface area contributed by atoms with Crippen molar-refractivity contribution in [2.45, 2.75) is 75.7 Å². The minimum atomic E-state index is -0.0169. The van der Waals surface area contributed by atoms with Crippen molar-refractivity contribution >= 4 is 6.03 Å². The van der Waals surface area contributed by atoms with E-state index < -0.39 is 0 Å². The van der Waals surface area contributed by atoms with Crippen LogP contribution >= 0.6 is 0 Å². The fourth-order valence-electron chi connectivity index (χ4n) is 4.52. The molecule has 2 saturated heterocycles. The van der Waals surface area contributed by atoms with Crippen LogP contribution in [0.25, 0.3) is 0 Å². The average molecular weight is 313 g/mol. The molecule has 2 aliphatic heterocycles. The van der Waals surface area contributed by atoms with E-state index in [1.807, 2.05) is 30.3 Å². The van der Waals surface area contributed by atoms with Gasteiger partial charge in [0.1, 0.15) is 0 Å². The van der Waals surface area contributed by atoms with Crippen molar-refractivity contribution in [1.82, 2.24) is 15.5 Å². The van der Waals surface area contributed by atoms with Gasteiger partial charge in [-0.3, -0.25) is 4.90 Å². The average Bonchev–Trinajstić information content (AvgIpc) is 3.38. The molecule has 1 aromatic carbocycles. The molecule has 1 aromatic rings. The minimum absolute atomic E-state index is 0.0169. The van der Waals surface area contributed by atoms with Crippen LogP contribution in [-0.4, -0.2) is 35.1 Å². The second-order valence-corrected chi connectivity index (χ2v) is 7.40. The summed E-state index contributed by atoms with van der Waals surface area (Å²) in [6.07, 6.45) is 9.04. The van der Waals surface area contributed by atoms with E-state index in [9.17, 15) is 4.79 Å². The molecule has 2 bridgehead atoms. The van der Waals surface area contributed by atoms with Crippen LogP contribution in [0.3, 0.4) is 0 Å². The van der Waals surface area contributed by atoms with Gasteiger partial charge in [-0.05, 0) is 44.1 Å². The molecule has 23 heavy (non-hydrogen) atoms. The molecule has 2 amide bonds. The van der Waals surface area contributed by atoms with Crippen LogP contribution in [0.2, 0.25) is 0 Å². The molecule has 4 nitrogen and oxygen atoms in total. The van der Waals surface area contributed by atoms with Crippen LogP contribution in [0.4, 0.5) is 4.79 Å². The van der Waals surface area contributed by atoms with Gasteiger partial charge in [-0.15, -0.1) is 0 Å². The summed E-state index contributed by atoms with van der Waals surface area (Å²) in [7, 11) is 0. The van der Waals surface area contributed by atoms with E-state index in [0.29, 0.717) is 24.7 Å². The number of fused-ring (bicyclic) bond motifs is 2. The van der Waals surface area contributed by atoms with Gasteiger partial charge in [0, 0.05) is 30.7 Å². The number of urea groups is 1. The molecule has 3 aliphatic rings. The third-order valence-corrected chi connectivity index (χ3v) is 5.63. The first-order valence-electron chi connectivity index (χ1n) is 9.15. The lowest BCUT2D eigenvalue weighted by molar-refractivity contribution is 0.0194. The standard InChI is InChI=1S/C19H27N3O/c23-19(20-13-14-5-2-1-3-6-14)21-15-11-17-7-4-8-18(12-15)22(17)16-9-10-16/h1-3,5-6,15-18H,4,7-13H2,(H2,20,21,23)/t17-,18-/m0/s1. The predicted molar refractivity (Wildman–Crippen MR) is 91.1 cm³/mol. The molecule has 0 aromatic heterocycles. The fourth-order valence-corrected chi connectivity index (χ4v) is 4.52. The summed E-state index contributed by atoms with van der Waals surface area (Å²) in [5.41, 5.74) is 1.14. The highest BCUT2D eigenvalue weighted by molar-refractivity contribution is 5.74. The third-order valence-electron chi connectivity index (χ3n) is 5.63. The van der Waals surface area contributed by atoms with Crippen molar-refractivity contribution < 1.29 is 4.79 Å². The van der Waals surface area contributed by atoms with E-state index in [-0.39, 0.29) is 6.03 Å². The number of benzene rings is 1. The highest BCUT2D eigenvalue weighted by atomic mass is 16.2. The lowest BCUT2D eigenvalue weighted by atomic mass is 9.81. The van der Waals surface area contributed by atoms with E-state index >= 15 is 0 Å². The maximum absolute atomic E-state index is 12.2. The SMILES string of the molecule is O=C(NCc1ccccc1)NC1C[C@@H]2CCC[C@@H](C1)N2C1CC1. The summed E-state index contributed by atoms with van der Waals surface area (Å²) in [5.74, 6) is 0. The Kier molecular flexibility index (Phi) is 4.25. The number of piperidine rings is 2.